The molecule has 1 aliphatic rings. The van der Waals surface area contributed by atoms with Crippen LogP contribution in [0.3, 0.4) is 0 Å². The Kier molecular flexibility index (Phi) is 4.53. The first-order valence-corrected chi connectivity index (χ1v) is 7.89. The van der Waals surface area contributed by atoms with Gasteiger partial charge in [0.2, 0.25) is 5.91 Å². The fraction of sp³-hybridized carbons (Fsp3) is 0.267. The van der Waals surface area contributed by atoms with Crippen LogP contribution in [0.25, 0.3) is 0 Å². The maximum absolute atomic E-state index is 12.8. The second-order valence-corrected chi connectivity index (χ2v) is 6.04. The molecular formula is C15H15FN4OS. The number of carbonyl (C=O) groups is 1. The van der Waals surface area contributed by atoms with Gasteiger partial charge in [-0.05, 0) is 36.4 Å². The Labute approximate surface area is 131 Å². The van der Waals surface area contributed by atoms with E-state index in [1.165, 1.54) is 23.9 Å². The molecule has 1 fully saturated rings. The maximum Gasteiger partial charge on any atom is 0.233 e. The number of anilines is 1. The minimum atomic E-state index is -0.267. The monoisotopic (exact) mass is 318 g/mol. The number of amides is 1. The van der Waals surface area contributed by atoms with E-state index >= 15 is 0 Å². The Hall–Kier alpha value is -2.15. The van der Waals surface area contributed by atoms with E-state index < -0.39 is 0 Å². The predicted molar refractivity (Wildman–Crippen MR) is 83.1 cm³/mol. The number of halogens is 1. The van der Waals surface area contributed by atoms with Gasteiger partial charge in [0.1, 0.15) is 11.6 Å². The number of nitrogens with one attached hydrogen (secondary N) is 1. The van der Waals surface area contributed by atoms with Gasteiger partial charge >= 0.3 is 0 Å². The van der Waals surface area contributed by atoms with Crippen LogP contribution < -0.4 is 5.32 Å². The van der Waals surface area contributed by atoms with E-state index in [-0.39, 0.29) is 17.8 Å². The summed E-state index contributed by atoms with van der Waals surface area (Å²) in [5.41, 5.74) is 0. The van der Waals surface area contributed by atoms with Gasteiger partial charge in [-0.3, -0.25) is 4.79 Å². The van der Waals surface area contributed by atoms with E-state index in [4.69, 9.17) is 0 Å². The van der Waals surface area contributed by atoms with Crippen LogP contribution in [0, 0.1) is 5.82 Å². The molecule has 1 amide bonds. The predicted octanol–water partition coefficient (Wildman–Crippen LogP) is 2.03. The molecule has 1 aromatic heterocycles. The lowest BCUT2D eigenvalue weighted by Crippen LogP contribution is -2.57. The average Bonchev–Trinajstić information content (AvgIpc) is 2.50. The van der Waals surface area contributed by atoms with Crippen LogP contribution in [-0.4, -0.2) is 45.9 Å². The molecule has 0 unspecified atom stereocenters. The number of nitrogens with zero attached hydrogens (tertiary/aromatic N) is 3. The number of aromatic nitrogens is 2. The van der Waals surface area contributed by atoms with Crippen molar-refractivity contribution in [3.05, 3.63) is 48.4 Å². The summed E-state index contributed by atoms with van der Waals surface area (Å²) in [7, 11) is 0. The molecule has 0 aliphatic carbocycles. The third-order valence-corrected chi connectivity index (χ3v) is 4.33. The fourth-order valence-electron chi connectivity index (χ4n) is 2.13. The summed E-state index contributed by atoms with van der Waals surface area (Å²) in [6.45, 7) is 1.33. The summed E-state index contributed by atoms with van der Waals surface area (Å²) in [5, 5.41) is 11.0. The molecule has 7 heteroatoms. The number of likely N-dealkylation sites (tertiary alicyclic amines) is 1. The number of rotatable bonds is 5. The van der Waals surface area contributed by atoms with Crippen LogP contribution in [-0.2, 0) is 4.79 Å². The van der Waals surface area contributed by atoms with E-state index in [1.807, 2.05) is 12.1 Å². The highest BCUT2D eigenvalue weighted by Crippen LogP contribution is 2.20. The summed E-state index contributed by atoms with van der Waals surface area (Å²) in [6, 6.07) is 10.0. The van der Waals surface area contributed by atoms with E-state index in [0.717, 1.165) is 10.7 Å². The molecule has 0 atom stereocenters. The van der Waals surface area contributed by atoms with Crippen LogP contribution in [0.15, 0.2) is 47.5 Å². The molecule has 5 nitrogen and oxygen atoms in total. The van der Waals surface area contributed by atoms with Crippen molar-refractivity contribution < 1.29 is 9.18 Å². The van der Waals surface area contributed by atoms with Crippen LogP contribution in [0.5, 0.6) is 0 Å². The fourth-order valence-corrected chi connectivity index (χ4v) is 2.93. The minimum absolute atomic E-state index is 0.0894. The molecule has 2 heterocycles. The van der Waals surface area contributed by atoms with Gasteiger partial charge in [-0.25, -0.2) is 4.39 Å². The van der Waals surface area contributed by atoms with E-state index in [9.17, 15) is 9.18 Å². The molecule has 1 N–H and O–H groups in total. The number of benzene rings is 1. The minimum Gasteiger partial charge on any atom is -0.362 e. The summed E-state index contributed by atoms with van der Waals surface area (Å²) in [5.74, 6) is 0.909. The summed E-state index contributed by atoms with van der Waals surface area (Å²) in [4.78, 5) is 14.7. The Morgan fingerprint density at radius 3 is 2.77 bits per heavy atom. The van der Waals surface area contributed by atoms with Crippen molar-refractivity contribution >= 4 is 23.5 Å². The molecule has 1 aliphatic heterocycles. The second kappa shape index (κ2) is 6.74. The Bertz CT molecular complexity index is 632. The van der Waals surface area contributed by atoms with Gasteiger partial charge in [0, 0.05) is 24.2 Å². The maximum atomic E-state index is 12.8. The molecule has 1 saturated heterocycles. The lowest BCUT2D eigenvalue weighted by molar-refractivity contribution is -0.132. The zero-order valence-corrected chi connectivity index (χ0v) is 12.6. The SMILES string of the molecule is O=C(CSc1ccc(F)cc1)N1CC(Nc2cccnn2)C1. The van der Waals surface area contributed by atoms with Crippen LogP contribution in [0.4, 0.5) is 10.2 Å². The van der Waals surface area contributed by atoms with Gasteiger partial charge in [0.15, 0.2) is 0 Å². The van der Waals surface area contributed by atoms with Crippen molar-refractivity contribution in [3.8, 4) is 0 Å². The topological polar surface area (TPSA) is 58.1 Å². The molecule has 2 aromatic rings. The first-order chi connectivity index (χ1) is 10.7. The smallest absolute Gasteiger partial charge is 0.233 e. The zero-order chi connectivity index (χ0) is 15.4. The van der Waals surface area contributed by atoms with Gasteiger partial charge in [0.05, 0.1) is 11.8 Å². The first kappa shape index (κ1) is 14.8. The van der Waals surface area contributed by atoms with Crippen molar-refractivity contribution in [1.29, 1.82) is 0 Å². The molecule has 0 bridgehead atoms. The van der Waals surface area contributed by atoms with Crippen molar-refractivity contribution in [2.45, 2.75) is 10.9 Å². The lowest BCUT2D eigenvalue weighted by atomic mass is 10.1. The van der Waals surface area contributed by atoms with E-state index in [0.29, 0.717) is 18.8 Å². The quantitative estimate of drug-likeness (QED) is 0.855. The highest BCUT2D eigenvalue weighted by molar-refractivity contribution is 8.00. The lowest BCUT2D eigenvalue weighted by Gasteiger charge is -2.39. The normalized spacial score (nSPS) is 14.5. The second-order valence-electron chi connectivity index (χ2n) is 4.99. The van der Waals surface area contributed by atoms with Crippen LogP contribution in [0.2, 0.25) is 0 Å². The molecule has 3 rings (SSSR count). The molecule has 0 spiro atoms. The molecular weight excluding hydrogens is 303 g/mol. The van der Waals surface area contributed by atoms with Gasteiger partial charge in [-0.15, -0.1) is 16.9 Å². The summed E-state index contributed by atoms with van der Waals surface area (Å²) >= 11 is 1.42. The van der Waals surface area contributed by atoms with E-state index in [1.54, 1.807) is 23.2 Å². The zero-order valence-electron chi connectivity index (χ0n) is 11.8. The van der Waals surface area contributed by atoms with Crippen LogP contribution >= 0.6 is 11.8 Å². The van der Waals surface area contributed by atoms with Gasteiger partial charge in [-0.1, -0.05) is 0 Å². The largest absolute Gasteiger partial charge is 0.362 e. The van der Waals surface area contributed by atoms with E-state index in [2.05, 4.69) is 15.5 Å². The third kappa shape index (κ3) is 3.73. The number of thioether (sulfide) groups is 1. The number of hydrogen-bond acceptors (Lipinski definition) is 5. The molecule has 0 saturated carbocycles. The number of carbonyl (C=O) groups excluding carboxylic acids is 1. The van der Waals surface area contributed by atoms with Crippen LogP contribution in [0.1, 0.15) is 0 Å². The average molecular weight is 318 g/mol. The highest BCUT2D eigenvalue weighted by Gasteiger charge is 2.30. The van der Waals surface area contributed by atoms with Crippen molar-refractivity contribution in [3.63, 3.8) is 0 Å². The summed E-state index contributed by atoms with van der Waals surface area (Å²) in [6.07, 6.45) is 1.62. The van der Waals surface area contributed by atoms with Crippen molar-refractivity contribution in [2.75, 3.05) is 24.2 Å². The Balaban J connectivity index is 1.41. The molecule has 1 aromatic carbocycles. The first-order valence-electron chi connectivity index (χ1n) is 6.91. The third-order valence-electron chi connectivity index (χ3n) is 3.33. The Morgan fingerprint density at radius 1 is 1.32 bits per heavy atom. The molecule has 0 radical (unpaired) electrons. The summed E-state index contributed by atoms with van der Waals surface area (Å²) < 4.78 is 12.8. The Morgan fingerprint density at radius 2 is 2.09 bits per heavy atom. The van der Waals surface area contributed by atoms with Gasteiger partial charge < -0.3 is 10.2 Å². The standard InChI is InChI=1S/C15H15FN4OS/c16-11-3-5-13(6-4-11)22-10-15(21)20-8-12(9-20)18-14-2-1-7-17-19-14/h1-7,12H,8-10H2,(H,18,19). The van der Waals surface area contributed by atoms with Gasteiger partial charge in [0.25, 0.3) is 0 Å². The molecule has 114 valence electrons. The highest BCUT2D eigenvalue weighted by atomic mass is 32.2. The van der Waals surface area contributed by atoms with Gasteiger partial charge in [-0.2, -0.15) is 5.10 Å². The van der Waals surface area contributed by atoms with Crippen molar-refractivity contribution in [2.24, 2.45) is 0 Å². The van der Waals surface area contributed by atoms with Crippen molar-refractivity contribution in [1.82, 2.24) is 15.1 Å². The number of hydrogen-bond donors (Lipinski definition) is 1. The molecule has 22 heavy (non-hydrogen) atoms.